The van der Waals surface area contributed by atoms with Gasteiger partial charge in [0.15, 0.2) is 11.5 Å². The number of methoxy groups -OCH3 is 1. The van der Waals surface area contributed by atoms with E-state index in [4.69, 9.17) is 25.7 Å². The lowest BCUT2D eigenvalue weighted by Crippen LogP contribution is -2.21. The molecule has 0 aromatic heterocycles. The Hall–Kier alpha value is -3.33. The number of nitrogens with zero attached hydrogens (tertiary/aromatic N) is 1. The number of allylic oxidation sites excluding steroid dienone is 1. The van der Waals surface area contributed by atoms with Gasteiger partial charge < -0.3 is 25.7 Å². The van der Waals surface area contributed by atoms with Gasteiger partial charge in [0.25, 0.3) is 0 Å². The highest BCUT2D eigenvalue weighted by molar-refractivity contribution is 5.60. The van der Waals surface area contributed by atoms with Gasteiger partial charge in [-0.3, -0.25) is 0 Å². The molecule has 1 atom stereocenters. The van der Waals surface area contributed by atoms with Crippen molar-refractivity contribution >= 4 is 5.69 Å². The van der Waals surface area contributed by atoms with Crippen molar-refractivity contribution in [1.82, 2.24) is 0 Å². The number of fused-ring (bicyclic) bond motifs is 1. The minimum Gasteiger partial charge on any atom is -0.493 e. The SMILES string of the molecule is CCCOc1ccc([C@H]2C(C#N)=C(N)Oc3cc(N)ccc32)cc1OC. The second kappa shape index (κ2) is 7.28. The first kappa shape index (κ1) is 17.5. The Morgan fingerprint density at radius 1 is 1.15 bits per heavy atom. The highest BCUT2D eigenvalue weighted by Crippen LogP contribution is 2.44. The highest BCUT2D eigenvalue weighted by Gasteiger charge is 2.31. The van der Waals surface area contributed by atoms with Crippen LogP contribution in [0, 0.1) is 11.3 Å². The Bertz CT molecular complexity index is 900. The van der Waals surface area contributed by atoms with E-state index in [2.05, 4.69) is 6.07 Å². The Morgan fingerprint density at radius 2 is 1.96 bits per heavy atom. The number of benzene rings is 2. The van der Waals surface area contributed by atoms with E-state index in [1.54, 1.807) is 19.2 Å². The van der Waals surface area contributed by atoms with E-state index in [-0.39, 0.29) is 11.8 Å². The molecule has 6 nitrogen and oxygen atoms in total. The molecule has 0 radical (unpaired) electrons. The standard InChI is InChI=1S/C20H21N3O3/c1-3-8-25-16-7-4-12(9-18(16)24-2)19-14-6-5-13(22)10-17(14)26-20(23)15(19)11-21/h4-7,9-10,19H,3,8,22-23H2,1-2H3/t19-/m1/s1. The summed E-state index contributed by atoms with van der Waals surface area (Å²) in [6, 6.07) is 13.1. The van der Waals surface area contributed by atoms with Gasteiger partial charge in [-0.1, -0.05) is 19.1 Å². The van der Waals surface area contributed by atoms with Crippen LogP contribution in [0.15, 0.2) is 47.9 Å². The predicted octanol–water partition coefficient (Wildman–Crippen LogP) is 3.28. The van der Waals surface area contributed by atoms with Crippen LogP contribution in [0.2, 0.25) is 0 Å². The van der Waals surface area contributed by atoms with Gasteiger partial charge in [-0.15, -0.1) is 0 Å². The van der Waals surface area contributed by atoms with Crippen molar-refractivity contribution < 1.29 is 14.2 Å². The van der Waals surface area contributed by atoms with E-state index in [9.17, 15) is 5.26 Å². The maximum absolute atomic E-state index is 9.62. The van der Waals surface area contributed by atoms with Gasteiger partial charge in [0.2, 0.25) is 5.88 Å². The van der Waals surface area contributed by atoms with Crippen molar-refractivity contribution in [3.8, 4) is 23.3 Å². The van der Waals surface area contributed by atoms with Gasteiger partial charge in [-0.25, -0.2) is 0 Å². The van der Waals surface area contributed by atoms with Crippen LogP contribution in [0.5, 0.6) is 17.2 Å². The fourth-order valence-corrected chi connectivity index (χ4v) is 3.01. The summed E-state index contributed by atoms with van der Waals surface area (Å²) in [5, 5.41) is 9.62. The molecule has 1 aliphatic rings. The van der Waals surface area contributed by atoms with E-state index in [1.165, 1.54) is 0 Å². The van der Waals surface area contributed by atoms with Gasteiger partial charge in [-0.2, -0.15) is 5.26 Å². The van der Waals surface area contributed by atoms with Crippen LogP contribution in [0.1, 0.15) is 30.4 Å². The van der Waals surface area contributed by atoms with Crippen LogP contribution >= 0.6 is 0 Å². The van der Waals surface area contributed by atoms with Crippen LogP contribution in [0.25, 0.3) is 0 Å². The van der Waals surface area contributed by atoms with E-state index in [0.717, 1.165) is 17.5 Å². The molecule has 0 aliphatic carbocycles. The maximum Gasteiger partial charge on any atom is 0.205 e. The molecule has 0 amide bonds. The summed E-state index contributed by atoms with van der Waals surface area (Å²) < 4.78 is 16.8. The van der Waals surface area contributed by atoms with Crippen LogP contribution in [0.3, 0.4) is 0 Å². The summed E-state index contributed by atoms with van der Waals surface area (Å²) in [5.41, 5.74) is 14.4. The van der Waals surface area contributed by atoms with Crippen LogP contribution < -0.4 is 25.7 Å². The summed E-state index contributed by atoms with van der Waals surface area (Å²) in [5.74, 6) is 1.55. The Labute approximate surface area is 152 Å². The molecule has 0 bridgehead atoms. The third-order valence-electron chi connectivity index (χ3n) is 4.23. The number of anilines is 1. The van der Waals surface area contributed by atoms with E-state index in [1.807, 2.05) is 31.2 Å². The lowest BCUT2D eigenvalue weighted by atomic mass is 9.83. The molecule has 2 aromatic carbocycles. The zero-order valence-electron chi connectivity index (χ0n) is 14.8. The second-order valence-electron chi connectivity index (χ2n) is 5.98. The predicted molar refractivity (Wildman–Crippen MR) is 98.9 cm³/mol. The van der Waals surface area contributed by atoms with Gasteiger partial charge in [0, 0.05) is 17.3 Å². The Morgan fingerprint density at radius 3 is 2.65 bits per heavy atom. The molecule has 0 fully saturated rings. The van der Waals surface area contributed by atoms with Crippen LogP contribution in [0.4, 0.5) is 5.69 Å². The van der Waals surface area contributed by atoms with Gasteiger partial charge in [0.1, 0.15) is 17.4 Å². The number of nitrogen functional groups attached to an aromatic ring is 1. The zero-order chi connectivity index (χ0) is 18.7. The molecule has 134 valence electrons. The molecule has 0 unspecified atom stereocenters. The van der Waals surface area contributed by atoms with Crippen LogP contribution in [-0.4, -0.2) is 13.7 Å². The van der Waals surface area contributed by atoms with Crippen molar-refractivity contribution in [3.05, 3.63) is 59.0 Å². The van der Waals surface area contributed by atoms with E-state index >= 15 is 0 Å². The summed E-state index contributed by atoms with van der Waals surface area (Å²) in [4.78, 5) is 0. The first-order valence-electron chi connectivity index (χ1n) is 8.36. The first-order chi connectivity index (χ1) is 12.6. The first-order valence-corrected chi connectivity index (χ1v) is 8.36. The monoisotopic (exact) mass is 351 g/mol. The molecular weight excluding hydrogens is 330 g/mol. The molecule has 0 saturated carbocycles. The normalized spacial score (nSPS) is 15.7. The van der Waals surface area contributed by atoms with Crippen molar-refractivity contribution in [2.45, 2.75) is 19.3 Å². The number of nitriles is 1. The number of hydrogen-bond donors (Lipinski definition) is 2. The maximum atomic E-state index is 9.62. The summed E-state index contributed by atoms with van der Waals surface area (Å²) in [6.45, 7) is 2.64. The fraction of sp³-hybridized carbons (Fsp3) is 0.250. The second-order valence-corrected chi connectivity index (χ2v) is 5.98. The number of nitrogens with two attached hydrogens (primary N) is 2. The minimum absolute atomic E-state index is 0.0841. The minimum atomic E-state index is -0.363. The molecule has 3 rings (SSSR count). The third-order valence-corrected chi connectivity index (χ3v) is 4.23. The van der Waals surface area contributed by atoms with Gasteiger partial charge in [-0.05, 0) is 30.2 Å². The molecule has 0 spiro atoms. The zero-order valence-corrected chi connectivity index (χ0v) is 14.8. The Balaban J connectivity index is 2.11. The quantitative estimate of drug-likeness (QED) is 0.801. The number of rotatable bonds is 5. The summed E-state index contributed by atoms with van der Waals surface area (Å²) in [7, 11) is 1.59. The lowest BCUT2D eigenvalue weighted by molar-refractivity contribution is 0.294. The Kier molecular flexibility index (Phi) is 4.90. The molecule has 4 N–H and O–H groups in total. The molecule has 0 saturated heterocycles. The molecule has 1 aliphatic heterocycles. The molecular formula is C20H21N3O3. The van der Waals surface area contributed by atoms with Crippen LogP contribution in [-0.2, 0) is 0 Å². The average molecular weight is 351 g/mol. The van der Waals surface area contributed by atoms with Crippen molar-refractivity contribution in [2.75, 3.05) is 19.5 Å². The van der Waals surface area contributed by atoms with Crippen molar-refractivity contribution in [2.24, 2.45) is 5.73 Å². The average Bonchev–Trinajstić information content (AvgIpc) is 2.65. The van der Waals surface area contributed by atoms with Crippen molar-refractivity contribution in [3.63, 3.8) is 0 Å². The topological polar surface area (TPSA) is 104 Å². The summed E-state index contributed by atoms with van der Waals surface area (Å²) >= 11 is 0. The highest BCUT2D eigenvalue weighted by atomic mass is 16.5. The molecule has 1 heterocycles. The number of ether oxygens (including phenoxy) is 3. The number of hydrogen-bond acceptors (Lipinski definition) is 6. The third kappa shape index (κ3) is 3.11. The largest absolute Gasteiger partial charge is 0.493 e. The fourth-order valence-electron chi connectivity index (χ4n) is 3.01. The van der Waals surface area contributed by atoms with Gasteiger partial charge >= 0.3 is 0 Å². The lowest BCUT2D eigenvalue weighted by Gasteiger charge is -2.27. The van der Waals surface area contributed by atoms with E-state index < -0.39 is 0 Å². The smallest absolute Gasteiger partial charge is 0.205 e. The van der Waals surface area contributed by atoms with Gasteiger partial charge in [0.05, 0.1) is 19.6 Å². The molecule has 26 heavy (non-hydrogen) atoms. The molecule has 6 heteroatoms. The summed E-state index contributed by atoms with van der Waals surface area (Å²) in [6.07, 6.45) is 0.900. The van der Waals surface area contributed by atoms with E-state index in [0.29, 0.717) is 35.1 Å². The molecule has 2 aromatic rings. The van der Waals surface area contributed by atoms with Crippen molar-refractivity contribution in [1.29, 1.82) is 5.26 Å².